The molecular formula is C12H13Br2N3O3S. The van der Waals surface area contributed by atoms with Gasteiger partial charge in [0, 0.05) is 27.6 Å². The van der Waals surface area contributed by atoms with Crippen molar-refractivity contribution in [2.45, 2.75) is 13.8 Å². The molecule has 1 aromatic rings. The van der Waals surface area contributed by atoms with Gasteiger partial charge in [0.05, 0.1) is 0 Å². The maximum Gasteiger partial charge on any atom is 0.404 e. The van der Waals surface area contributed by atoms with Gasteiger partial charge in [-0.05, 0) is 12.1 Å². The van der Waals surface area contributed by atoms with Crippen LogP contribution in [0.1, 0.15) is 19.4 Å². The van der Waals surface area contributed by atoms with Crippen LogP contribution in [-0.4, -0.2) is 31.5 Å². The fraction of sp³-hybridized carbons (Fsp3) is 0.333. The van der Waals surface area contributed by atoms with Crippen molar-refractivity contribution in [2.75, 3.05) is 13.1 Å². The van der Waals surface area contributed by atoms with E-state index in [0.717, 1.165) is 4.31 Å². The number of nitrogens with zero attached hydrogens (tertiary/aromatic N) is 3. The molecule has 1 rings (SSSR count). The van der Waals surface area contributed by atoms with Gasteiger partial charge in [-0.25, -0.2) is 0 Å². The SMILES string of the molecule is CCN(CC)S(=O)(=O)ON=C(C#N)c1c(Br)cccc1Br. The van der Waals surface area contributed by atoms with Gasteiger partial charge < -0.3 is 0 Å². The topological polar surface area (TPSA) is 82.8 Å². The van der Waals surface area contributed by atoms with Crippen LogP contribution in [0.3, 0.4) is 0 Å². The van der Waals surface area contributed by atoms with Crippen molar-refractivity contribution in [1.82, 2.24) is 4.31 Å². The third-order valence-corrected chi connectivity index (χ3v) is 5.28. The van der Waals surface area contributed by atoms with Crippen molar-refractivity contribution in [1.29, 1.82) is 5.26 Å². The number of rotatable bonds is 6. The standard InChI is InChI=1S/C12H13Br2N3O3S/c1-3-17(4-2)21(18,19)20-16-11(8-15)12-9(13)6-5-7-10(12)14/h5-7H,3-4H2,1-2H3. The highest BCUT2D eigenvalue weighted by Crippen LogP contribution is 2.26. The van der Waals surface area contributed by atoms with Gasteiger partial charge in [0.1, 0.15) is 6.07 Å². The highest BCUT2D eigenvalue weighted by atomic mass is 79.9. The van der Waals surface area contributed by atoms with Gasteiger partial charge in [-0.2, -0.15) is 18.0 Å². The van der Waals surface area contributed by atoms with Crippen molar-refractivity contribution < 1.29 is 12.7 Å². The average Bonchev–Trinajstić information content (AvgIpc) is 2.43. The third-order valence-electron chi connectivity index (χ3n) is 2.55. The minimum absolute atomic E-state index is 0.148. The number of hydrogen-bond acceptors (Lipinski definition) is 5. The van der Waals surface area contributed by atoms with Crippen LogP contribution in [0, 0.1) is 11.3 Å². The molecule has 0 atom stereocenters. The second kappa shape index (κ2) is 7.89. The molecular weight excluding hydrogens is 426 g/mol. The summed E-state index contributed by atoms with van der Waals surface area (Å²) in [5, 5.41) is 12.7. The maximum absolute atomic E-state index is 11.9. The van der Waals surface area contributed by atoms with Crippen LogP contribution >= 0.6 is 31.9 Å². The van der Waals surface area contributed by atoms with Gasteiger partial charge in [-0.15, -0.1) is 0 Å². The van der Waals surface area contributed by atoms with Crippen LogP contribution in [0.25, 0.3) is 0 Å². The van der Waals surface area contributed by atoms with Crippen LogP contribution in [0.5, 0.6) is 0 Å². The monoisotopic (exact) mass is 437 g/mol. The largest absolute Gasteiger partial charge is 0.404 e. The van der Waals surface area contributed by atoms with Crippen molar-refractivity contribution in [3.63, 3.8) is 0 Å². The maximum atomic E-state index is 11.9. The first kappa shape index (κ1) is 18.1. The molecule has 0 unspecified atom stereocenters. The van der Waals surface area contributed by atoms with E-state index in [1.165, 1.54) is 0 Å². The molecule has 6 nitrogen and oxygen atoms in total. The highest BCUT2D eigenvalue weighted by molar-refractivity contribution is 9.11. The van der Waals surface area contributed by atoms with Crippen LogP contribution in [0.15, 0.2) is 32.3 Å². The Bertz CT molecular complexity index is 659. The van der Waals surface area contributed by atoms with Gasteiger partial charge in [0.25, 0.3) is 0 Å². The van der Waals surface area contributed by atoms with E-state index in [2.05, 4.69) is 41.3 Å². The summed E-state index contributed by atoms with van der Waals surface area (Å²) in [4.78, 5) is 0. The second-order valence-corrected chi connectivity index (χ2v) is 6.99. The highest BCUT2D eigenvalue weighted by Gasteiger charge is 2.21. The Morgan fingerprint density at radius 1 is 1.33 bits per heavy atom. The Morgan fingerprint density at radius 3 is 2.29 bits per heavy atom. The third kappa shape index (κ3) is 4.51. The molecule has 21 heavy (non-hydrogen) atoms. The number of hydrogen-bond donors (Lipinski definition) is 0. The van der Waals surface area contributed by atoms with Crippen molar-refractivity contribution in [2.24, 2.45) is 5.16 Å². The molecule has 0 radical (unpaired) electrons. The lowest BCUT2D eigenvalue weighted by atomic mass is 10.1. The van der Waals surface area contributed by atoms with Crippen molar-refractivity contribution in [3.05, 3.63) is 32.7 Å². The van der Waals surface area contributed by atoms with E-state index in [-0.39, 0.29) is 18.8 Å². The van der Waals surface area contributed by atoms with Gasteiger partial charge in [0.2, 0.25) is 0 Å². The Hall–Kier alpha value is -0.950. The van der Waals surface area contributed by atoms with Gasteiger partial charge in [-0.1, -0.05) is 56.9 Å². The molecule has 0 bridgehead atoms. The summed E-state index contributed by atoms with van der Waals surface area (Å²) in [6, 6.07) is 7.02. The molecule has 0 aliphatic carbocycles. The van der Waals surface area contributed by atoms with Gasteiger partial charge >= 0.3 is 10.3 Å². The Balaban J connectivity index is 3.16. The van der Waals surface area contributed by atoms with Crippen LogP contribution < -0.4 is 0 Å². The molecule has 114 valence electrons. The molecule has 0 aromatic heterocycles. The zero-order valence-electron chi connectivity index (χ0n) is 11.4. The molecule has 1 aromatic carbocycles. The Morgan fingerprint density at radius 2 is 1.86 bits per heavy atom. The summed E-state index contributed by atoms with van der Waals surface area (Å²) in [5.41, 5.74) is 0.278. The molecule has 9 heteroatoms. The van der Waals surface area contributed by atoms with E-state index < -0.39 is 10.3 Å². The second-order valence-electron chi connectivity index (χ2n) is 3.76. The number of nitriles is 1. The quantitative estimate of drug-likeness (QED) is 0.504. The zero-order chi connectivity index (χ0) is 16.0. The van der Waals surface area contributed by atoms with E-state index in [0.29, 0.717) is 14.5 Å². The molecule has 0 heterocycles. The molecule has 0 fully saturated rings. The van der Waals surface area contributed by atoms with Crippen LogP contribution in [0.2, 0.25) is 0 Å². The minimum atomic E-state index is -4.00. The average molecular weight is 439 g/mol. The predicted molar refractivity (Wildman–Crippen MR) is 86.9 cm³/mol. The molecule has 0 amide bonds. The number of oxime groups is 1. The van der Waals surface area contributed by atoms with E-state index >= 15 is 0 Å². The number of halogens is 2. The van der Waals surface area contributed by atoms with Crippen molar-refractivity contribution in [3.8, 4) is 6.07 Å². The smallest absolute Gasteiger partial charge is 0.255 e. The fourth-order valence-electron chi connectivity index (χ4n) is 1.52. The van der Waals surface area contributed by atoms with Gasteiger partial charge in [0.15, 0.2) is 5.71 Å². The Labute approximate surface area is 140 Å². The number of benzene rings is 1. The lowest BCUT2D eigenvalue weighted by Gasteiger charge is -2.15. The summed E-state index contributed by atoms with van der Waals surface area (Å²) in [6.45, 7) is 3.89. The van der Waals surface area contributed by atoms with Crippen LogP contribution in [0.4, 0.5) is 0 Å². The van der Waals surface area contributed by atoms with E-state index in [1.54, 1.807) is 32.0 Å². The molecule has 0 spiro atoms. The molecule has 0 saturated heterocycles. The van der Waals surface area contributed by atoms with Gasteiger partial charge in [-0.3, -0.25) is 4.28 Å². The van der Waals surface area contributed by atoms with E-state index in [4.69, 9.17) is 5.26 Å². The zero-order valence-corrected chi connectivity index (χ0v) is 15.4. The van der Waals surface area contributed by atoms with Crippen molar-refractivity contribution >= 4 is 47.9 Å². The molecule has 0 aliphatic rings. The summed E-state index contributed by atoms with van der Waals surface area (Å²) in [7, 11) is -4.00. The lowest BCUT2D eigenvalue weighted by molar-refractivity contribution is 0.286. The molecule has 0 saturated carbocycles. The Kier molecular flexibility index (Phi) is 6.80. The van der Waals surface area contributed by atoms with Crippen LogP contribution in [-0.2, 0) is 14.6 Å². The molecule has 0 N–H and O–H groups in total. The molecule has 0 aliphatic heterocycles. The summed E-state index contributed by atoms with van der Waals surface area (Å²) in [5.74, 6) is 0. The predicted octanol–water partition coefficient (Wildman–Crippen LogP) is 3.04. The normalized spacial score (nSPS) is 12.3. The summed E-state index contributed by atoms with van der Waals surface area (Å²) < 4.78 is 30.7. The first-order valence-corrected chi connectivity index (χ1v) is 8.93. The lowest BCUT2D eigenvalue weighted by Crippen LogP contribution is -2.31. The first-order chi connectivity index (χ1) is 9.87. The first-order valence-electron chi connectivity index (χ1n) is 5.98. The van der Waals surface area contributed by atoms with E-state index in [1.807, 2.05) is 6.07 Å². The summed E-state index contributed by atoms with van der Waals surface area (Å²) in [6.07, 6.45) is 0. The van der Waals surface area contributed by atoms with E-state index in [9.17, 15) is 8.42 Å². The minimum Gasteiger partial charge on any atom is -0.255 e. The fourth-order valence-corrected chi connectivity index (χ4v) is 3.79. The summed E-state index contributed by atoms with van der Waals surface area (Å²) >= 11 is 6.58.